The van der Waals surface area contributed by atoms with Crippen LogP contribution in [0.5, 0.6) is 0 Å². The second kappa shape index (κ2) is 7.13. The Morgan fingerprint density at radius 3 is 2.74 bits per heavy atom. The Balaban J connectivity index is 2.66. The lowest BCUT2D eigenvalue weighted by atomic mass is 10.2. The van der Waals surface area contributed by atoms with Crippen molar-refractivity contribution in [3.05, 3.63) is 11.5 Å². The number of hydrogen-bond donors (Lipinski definition) is 1. The summed E-state index contributed by atoms with van der Waals surface area (Å²) in [4.78, 5) is 15.8. The highest BCUT2D eigenvalue weighted by atomic mass is 16.5. The average Bonchev–Trinajstić information content (AvgIpc) is 2.61. The fourth-order valence-corrected chi connectivity index (χ4v) is 1.69. The van der Waals surface area contributed by atoms with Gasteiger partial charge in [-0.3, -0.25) is 0 Å². The Morgan fingerprint density at radius 1 is 1.47 bits per heavy atom. The molecule has 0 radical (unpaired) electrons. The monoisotopic (exact) mass is 269 g/mol. The lowest BCUT2D eigenvalue weighted by Crippen LogP contribution is -2.13. The summed E-state index contributed by atoms with van der Waals surface area (Å²) < 4.78 is 12.2. The third-order valence-corrected chi connectivity index (χ3v) is 2.58. The van der Waals surface area contributed by atoms with Gasteiger partial charge >= 0.3 is 5.97 Å². The first kappa shape index (κ1) is 15.5. The summed E-state index contributed by atoms with van der Waals surface area (Å²) in [5.74, 6) is 1.04. The molecule has 1 aromatic rings. The summed E-state index contributed by atoms with van der Waals surface area (Å²) in [5.41, 5.74) is 6.10. The molecule has 6 heteroatoms. The molecule has 1 aromatic heterocycles. The third kappa shape index (κ3) is 4.24. The molecule has 0 aliphatic carbocycles. The third-order valence-electron chi connectivity index (χ3n) is 2.58. The van der Waals surface area contributed by atoms with Gasteiger partial charge in [0.1, 0.15) is 11.6 Å². The maximum atomic E-state index is 11.6. The van der Waals surface area contributed by atoms with Gasteiger partial charge < -0.3 is 19.8 Å². The van der Waals surface area contributed by atoms with Crippen LogP contribution in [-0.2, 0) is 16.0 Å². The fourth-order valence-electron chi connectivity index (χ4n) is 1.69. The fraction of sp³-hybridized carbons (Fsp3) is 0.692. The topological polar surface area (TPSA) is 79.4 Å². The van der Waals surface area contributed by atoms with E-state index in [1.165, 1.54) is 0 Å². The lowest BCUT2D eigenvalue weighted by molar-refractivity contribution is 0.0521. The molecule has 19 heavy (non-hydrogen) atoms. The van der Waals surface area contributed by atoms with Crippen LogP contribution in [0.25, 0.3) is 0 Å². The van der Waals surface area contributed by atoms with Crippen LogP contribution in [0.2, 0.25) is 0 Å². The predicted molar refractivity (Wildman–Crippen MR) is 73.0 cm³/mol. The number of aryl methyl sites for hydroxylation is 1. The van der Waals surface area contributed by atoms with Crippen LogP contribution in [0, 0.1) is 12.8 Å². The molecule has 0 spiro atoms. The van der Waals surface area contributed by atoms with Crippen LogP contribution < -0.4 is 5.73 Å². The molecule has 0 aliphatic heterocycles. The Kier molecular flexibility index (Phi) is 5.82. The van der Waals surface area contributed by atoms with E-state index in [0.717, 1.165) is 0 Å². The second-order valence-corrected chi connectivity index (χ2v) is 4.73. The highest BCUT2D eigenvalue weighted by molar-refractivity contribution is 5.92. The molecule has 0 bridgehead atoms. The highest BCUT2D eigenvalue weighted by Crippen LogP contribution is 2.15. The van der Waals surface area contributed by atoms with E-state index in [-0.39, 0.29) is 5.69 Å². The largest absolute Gasteiger partial charge is 0.461 e. The van der Waals surface area contributed by atoms with Gasteiger partial charge in [-0.15, -0.1) is 0 Å². The molecule has 2 N–H and O–H groups in total. The first-order chi connectivity index (χ1) is 8.97. The summed E-state index contributed by atoms with van der Waals surface area (Å²) >= 11 is 0. The van der Waals surface area contributed by atoms with E-state index in [4.69, 9.17) is 15.2 Å². The van der Waals surface area contributed by atoms with Crippen molar-refractivity contribution in [2.75, 3.05) is 25.6 Å². The molecule has 0 atom stereocenters. The van der Waals surface area contributed by atoms with E-state index in [2.05, 4.69) is 18.8 Å². The number of nitrogen functional groups attached to an aromatic ring is 1. The van der Waals surface area contributed by atoms with E-state index >= 15 is 0 Å². The molecular weight excluding hydrogens is 246 g/mol. The van der Waals surface area contributed by atoms with Crippen LogP contribution >= 0.6 is 0 Å². The molecule has 0 saturated heterocycles. The number of nitrogens with zero attached hydrogens (tertiary/aromatic N) is 2. The summed E-state index contributed by atoms with van der Waals surface area (Å²) in [6.45, 7) is 9.88. The SMILES string of the molecule is CCOC(=O)c1nc(C)n(CCOCC(C)C)c1N. The molecule has 1 heterocycles. The maximum absolute atomic E-state index is 11.6. The quantitative estimate of drug-likeness (QED) is 0.601. The van der Waals surface area contributed by atoms with E-state index in [1.54, 1.807) is 11.5 Å². The molecule has 1 rings (SSSR count). The van der Waals surface area contributed by atoms with Crippen LogP contribution in [0.4, 0.5) is 5.82 Å². The smallest absolute Gasteiger partial charge is 0.360 e. The molecular formula is C13H23N3O3. The number of anilines is 1. The molecule has 108 valence electrons. The van der Waals surface area contributed by atoms with E-state index < -0.39 is 5.97 Å². The minimum atomic E-state index is -0.482. The Morgan fingerprint density at radius 2 is 2.16 bits per heavy atom. The molecule has 0 aromatic carbocycles. The van der Waals surface area contributed by atoms with Crippen molar-refractivity contribution < 1.29 is 14.3 Å². The van der Waals surface area contributed by atoms with Gasteiger partial charge in [0.25, 0.3) is 0 Å². The predicted octanol–water partition coefficient (Wildman–Crippen LogP) is 1.62. The number of rotatable bonds is 7. The lowest BCUT2D eigenvalue weighted by Gasteiger charge is -2.10. The van der Waals surface area contributed by atoms with Gasteiger partial charge in [0.15, 0.2) is 5.69 Å². The summed E-state index contributed by atoms with van der Waals surface area (Å²) in [6.07, 6.45) is 0. The van der Waals surface area contributed by atoms with Gasteiger partial charge in [0.2, 0.25) is 0 Å². The van der Waals surface area contributed by atoms with Crippen LogP contribution in [-0.4, -0.2) is 35.3 Å². The van der Waals surface area contributed by atoms with Crippen LogP contribution in [0.1, 0.15) is 37.1 Å². The molecule has 6 nitrogen and oxygen atoms in total. The number of imidazole rings is 1. The molecule has 0 unspecified atom stereocenters. The van der Waals surface area contributed by atoms with Crippen LogP contribution in [0.3, 0.4) is 0 Å². The van der Waals surface area contributed by atoms with Gasteiger partial charge in [-0.25, -0.2) is 9.78 Å². The normalized spacial score (nSPS) is 11.0. The zero-order chi connectivity index (χ0) is 14.4. The van der Waals surface area contributed by atoms with Gasteiger partial charge in [-0.2, -0.15) is 0 Å². The van der Waals surface area contributed by atoms with Gasteiger partial charge in [-0.05, 0) is 19.8 Å². The van der Waals surface area contributed by atoms with Crippen molar-refractivity contribution in [1.82, 2.24) is 9.55 Å². The number of carbonyl (C=O) groups excluding carboxylic acids is 1. The Labute approximate surface area is 113 Å². The standard InChI is InChI=1S/C13H23N3O3/c1-5-19-13(17)11-12(14)16(10(4)15-11)6-7-18-8-9(2)3/h9H,5-8,14H2,1-4H3. The Hall–Kier alpha value is -1.56. The first-order valence-corrected chi connectivity index (χ1v) is 6.54. The van der Waals surface area contributed by atoms with Crippen molar-refractivity contribution >= 4 is 11.8 Å². The van der Waals surface area contributed by atoms with Crippen molar-refractivity contribution in [2.45, 2.75) is 34.2 Å². The molecule has 0 fully saturated rings. The first-order valence-electron chi connectivity index (χ1n) is 6.54. The summed E-state index contributed by atoms with van der Waals surface area (Å²) in [7, 11) is 0. The van der Waals surface area contributed by atoms with Crippen molar-refractivity contribution in [3.63, 3.8) is 0 Å². The Bertz CT molecular complexity index is 427. The zero-order valence-corrected chi connectivity index (χ0v) is 12.1. The number of nitrogens with two attached hydrogens (primary N) is 1. The van der Waals surface area contributed by atoms with Crippen molar-refractivity contribution in [3.8, 4) is 0 Å². The number of aromatic nitrogens is 2. The second-order valence-electron chi connectivity index (χ2n) is 4.73. The number of esters is 1. The molecule has 0 saturated carbocycles. The van der Waals surface area contributed by atoms with Crippen molar-refractivity contribution in [1.29, 1.82) is 0 Å². The summed E-state index contributed by atoms with van der Waals surface area (Å²) in [5, 5.41) is 0. The number of ether oxygens (including phenoxy) is 2. The van der Waals surface area contributed by atoms with Gasteiger partial charge in [0, 0.05) is 13.2 Å². The minimum absolute atomic E-state index is 0.184. The van der Waals surface area contributed by atoms with Crippen molar-refractivity contribution in [2.24, 2.45) is 5.92 Å². The van der Waals surface area contributed by atoms with Crippen LogP contribution in [0.15, 0.2) is 0 Å². The minimum Gasteiger partial charge on any atom is -0.461 e. The maximum Gasteiger partial charge on any atom is 0.360 e. The number of carbonyl (C=O) groups is 1. The number of hydrogen-bond acceptors (Lipinski definition) is 5. The van der Waals surface area contributed by atoms with E-state index in [1.807, 2.05) is 6.92 Å². The van der Waals surface area contributed by atoms with E-state index in [0.29, 0.717) is 43.9 Å². The molecule has 0 aliphatic rings. The average molecular weight is 269 g/mol. The zero-order valence-electron chi connectivity index (χ0n) is 12.1. The molecule has 0 amide bonds. The summed E-state index contributed by atoms with van der Waals surface area (Å²) in [6, 6.07) is 0. The van der Waals surface area contributed by atoms with Gasteiger partial charge in [0.05, 0.1) is 13.2 Å². The van der Waals surface area contributed by atoms with E-state index in [9.17, 15) is 4.79 Å². The highest BCUT2D eigenvalue weighted by Gasteiger charge is 2.19. The van der Waals surface area contributed by atoms with Gasteiger partial charge in [-0.1, -0.05) is 13.8 Å².